The fraction of sp³-hybridized carbons (Fsp3) is 0.154. The molecule has 19 heavy (non-hydrogen) atoms. The van der Waals surface area contributed by atoms with E-state index < -0.39 is 11.9 Å². The van der Waals surface area contributed by atoms with Gasteiger partial charge in [-0.05, 0) is 29.8 Å². The largest absolute Gasteiger partial charge is 0.433 e. The van der Waals surface area contributed by atoms with Gasteiger partial charge in [0.25, 0.3) is 0 Å². The van der Waals surface area contributed by atoms with Gasteiger partial charge in [0.2, 0.25) is 0 Å². The number of aromatic nitrogens is 1. The molecule has 0 saturated carbocycles. The average Bonchev–Trinajstić information content (AvgIpc) is 2.37. The Labute approximate surface area is 107 Å². The molecule has 1 aromatic heterocycles. The van der Waals surface area contributed by atoms with E-state index in [1.165, 1.54) is 24.3 Å². The normalized spacial score (nSPS) is 11.4. The van der Waals surface area contributed by atoms with Crippen LogP contribution in [0.2, 0.25) is 0 Å². The van der Waals surface area contributed by atoms with Crippen LogP contribution in [0.4, 0.5) is 23.4 Å². The molecule has 0 atom stereocenters. The molecule has 2 rings (SSSR count). The highest BCUT2D eigenvalue weighted by atomic mass is 19.4. The van der Waals surface area contributed by atoms with E-state index in [0.29, 0.717) is 0 Å². The first-order chi connectivity index (χ1) is 8.95. The van der Waals surface area contributed by atoms with Crippen LogP contribution in [0.3, 0.4) is 0 Å². The summed E-state index contributed by atoms with van der Waals surface area (Å²) >= 11 is 0. The van der Waals surface area contributed by atoms with Crippen molar-refractivity contribution in [1.82, 2.24) is 4.98 Å². The summed E-state index contributed by atoms with van der Waals surface area (Å²) in [5.41, 5.74) is -0.197. The molecule has 1 heterocycles. The smallest absolute Gasteiger partial charge is 0.366 e. The molecule has 0 spiro atoms. The summed E-state index contributed by atoms with van der Waals surface area (Å²) in [5, 5.41) is 2.76. The quantitative estimate of drug-likeness (QED) is 0.857. The minimum absolute atomic E-state index is 0.124. The van der Waals surface area contributed by atoms with Gasteiger partial charge in [-0.15, -0.1) is 0 Å². The Balaban J connectivity index is 2.05. The van der Waals surface area contributed by atoms with Crippen molar-refractivity contribution >= 4 is 5.82 Å². The molecule has 0 aliphatic heterocycles. The van der Waals surface area contributed by atoms with Gasteiger partial charge in [0.05, 0.1) is 0 Å². The number of pyridine rings is 1. The number of alkyl halides is 3. The van der Waals surface area contributed by atoms with Crippen molar-refractivity contribution < 1.29 is 17.6 Å². The van der Waals surface area contributed by atoms with Crippen LogP contribution in [0.15, 0.2) is 42.5 Å². The van der Waals surface area contributed by atoms with Crippen molar-refractivity contribution in [2.45, 2.75) is 12.7 Å². The zero-order chi connectivity index (χ0) is 13.9. The molecule has 0 unspecified atom stereocenters. The topological polar surface area (TPSA) is 24.9 Å². The molecule has 0 saturated heterocycles. The Bertz CT molecular complexity index is 549. The molecule has 0 radical (unpaired) electrons. The Morgan fingerprint density at radius 2 is 1.68 bits per heavy atom. The van der Waals surface area contributed by atoms with Gasteiger partial charge in [-0.2, -0.15) is 13.2 Å². The van der Waals surface area contributed by atoms with E-state index in [1.54, 1.807) is 12.1 Å². The molecule has 0 fully saturated rings. The van der Waals surface area contributed by atoms with Crippen LogP contribution in [0, 0.1) is 5.82 Å². The first-order valence-corrected chi connectivity index (χ1v) is 5.48. The summed E-state index contributed by atoms with van der Waals surface area (Å²) in [5.74, 6) is -0.236. The van der Waals surface area contributed by atoms with Crippen LogP contribution in [0.1, 0.15) is 11.3 Å². The first kappa shape index (κ1) is 13.3. The minimum Gasteiger partial charge on any atom is -0.366 e. The maximum atomic E-state index is 12.7. The zero-order valence-corrected chi connectivity index (χ0v) is 9.71. The molecular weight excluding hydrogens is 260 g/mol. The monoisotopic (exact) mass is 270 g/mol. The predicted molar refractivity (Wildman–Crippen MR) is 63.0 cm³/mol. The Kier molecular flexibility index (Phi) is 3.69. The molecule has 1 aromatic carbocycles. The lowest BCUT2D eigenvalue weighted by molar-refractivity contribution is -0.141. The van der Waals surface area contributed by atoms with Crippen molar-refractivity contribution in [3.05, 3.63) is 59.5 Å². The average molecular weight is 270 g/mol. The summed E-state index contributed by atoms with van der Waals surface area (Å²) in [7, 11) is 0. The molecule has 0 aliphatic rings. The van der Waals surface area contributed by atoms with E-state index in [9.17, 15) is 17.6 Å². The molecule has 2 aromatic rings. The zero-order valence-electron chi connectivity index (χ0n) is 9.71. The standard InChI is InChI=1S/C13H10F4N2/c14-10-6-4-9(5-7-10)8-18-12-3-1-2-11(19-12)13(15,16)17/h1-7H,8H2,(H,18,19). The molecule has 6 heteroatoms. The van der Waals surface area contributed by atoms with E-state index in [4.69, 9.17) is 0 Å². The summed E-state index contributed by atoms with van der Waals surface area (Å²) in [4.78, 5) is 3.47. The van der Waals surface area contributed by atoms with Crippen molar-refractivity contribution in [3.8, 4) is 0 Å². The van der Waals surface area contributed by atoms with E-state index >= 15 is 0 Å². The predicted octanol–water partition coefficient (Wildman–Crippen LogP) is 3.85. The van der Waals surface area contributed by atoms with Gasteiger partial charge in [-0.3, -0.25) is 0 Å². The summed E-state index contributed by atoms with van der Waals surface area (Å²) in [6, 6.07) is 9.31. The fourth-order valence-electron chi connectivity index (χ4n) is 1.49. The number of rotatable bonds is 3. The Morgan fingerprint density at radius 1 is 1.00 bits per heavy atom. The van der Waals surface area contributed by atoms with E-state index in [-0.39, 0.29) is 18.2 Å². The molecule has 0 bridgehead atoms. The van der Waals surface area contributed by atoms with Crippen LogP contribution in [0.25, 0.3) is 0 Å². The molecule has 2 nitrogen and oxygen atoms in total. The van der Waals surface area contributed by atoms with Crippen molar-refractivity contribution in [2.24, 2.45) is 0 Å². The van der Waals surface area contributed by atoms with Crippen molar-refractivity contribution in [1.29, 1.82) is 0 Å². The highest BCUT2D eigenvalue weighted by Crippen LogP contribution is 2.28. The lowest BCUT2D eigenvalue weighted by Crippen LogP contribution is -2.10. The number of anilines is 1. The molecule has 100 valence electrons. The lowest BCUT2D eigenvalue weighted by Gasteiger charge is -2.09. The van der Waals surface area contributed by atoms with Crippen LogP contribution in [-0.4, -0.2) is 4.98 Å². The third-order valence-corrected chi connectivity index (χ3v) is 2.43. The number of hydrogen-bond acceptors (Lipinski definition) is 2. The number of halogens is 4. The fourth-order valence-corrected chi connectivity index (χ4v) is 1.49. The van der Waals surface area contributed by atoms with Gasteiger partial charge in [0, 0.05) is 6.54 Å². The molecule has 0 aliphatic carbocycles. The summed E-state index contributed by atoms with van der Waals surface area (Å²) in [6.45, 7) is 0.272. The van der Waals surface area contributed by atoms with Gasteiger partial charge in [-0.25, -0.2) is 9.37 Å². The van der Waals surface area contributed by atoms with Crippen molar-refractivity contribution in [3.63, 3.8) is 0 Å². The van der Waals surface area contributed by atoms with Gasteiger partial charge >= 0.3 is 6.18 Å². The van der Waals surface area contributed by atoms with Crippen LogP contribution in [0.5, 0.6) is 0 Å². The third-order valence-electron chi connectivity index (χ3n) is 2.43. The second kappa shape index (κ2) is 5.26. The highest BCUT2D eigenvalue weighted by Gasteiger charge is 2.32. The lowest BCUT2D eigenvalue weighted by atomic mass is 10.2. The summed E-state index contributed by atoms with van der Waals surface area (Å²) < 4.78 is 50.0. The van der Waals surface area contributed by atoms with Crippen LogP contribution in [-0.2, 0) is 12.7 Å². The minimum atomic E-state index is -4.46. The number of nitrogens with one attached hydrogen (secondary N) is 1. The first-order valence-electron chi connectivity index (χ1n) is 5.48. The maximum absolute atomic E-state index is 12.7. The molecular formula is C13H10F4N2. The van der Waals surface area contributed by atoms with Gasteiger partial charge < -0.3 is 5.32 Å². The molecule has 1 N–H and O–H groups in total. The Hall–Kier alpha value is -2.11. The van der Waals surface area contributed by atoms with E-state index in [0.717, 1.165) is 11.6 Å². The van der Waals surface area contributed by atoms with Crippen LogP contribution < -0.4 is 5.32 Å². The number of hydrogen-bond donors (Lipinski definition) is 1. The second-order valence-corrected chi connectivity index (χ2v) is 3.89. The number of nitrogens with zero attached hydrogens (tertiary/aromatic N) is 1. The van der Waals surface area contributed by atoms with Gasteiger partial charge in [0.15, 0.2) is 0 Å². The third kappa shape index (κ3) is 3.67. The Morgan fingerprint density at radius 3 is 2.32 bits per heavy atom. The maximum Gasteiger partial charge on any atom is 0.433 e. The molecule has 0 amide bonds. The van der Waals surface area contributed by atoms with Crippen LogP contribution >= 0.6 is 0 Å². The van der Waals surface area contributed by atoms with Crippen molar-refractivity contribution in [2.75, 3.05) is 5.32 Å². The van der Waals surface area contributed by atoms with Gasteiger partial charge in [-0.1, -0.05) is 18.2 Å². The number of benzene rings is 1. The van der Waals surface area contributed by atoms with E-state index in [2.05, 4.69) is 10.3 Å². The van der Waals surface area contributed by atoms with E-state index in [1.807, 2.05) is 0 Å². The SMILES string of the molecule is Fc1ccc(CNc2cccc(C(F)(F)F)n2)cc1. The highest BCUT2D eigenvalue weighted by molar-refractivity contribution is 5.37. The van der Waals surface area contributed by atoms with Gasteiger partial charge in [0.1, 0.15) is 17.3 Å². The second-order valence-electron chi connectivity index (χ2n) is 3.89. The summed E-state index contributed by atoms with van der Waals surface area (Å²) in [6.07, 6.45) is -4.46.